The van der Waals surface area contributed by atoms with Gasteiger partial charge in [-0.2, -0.15) is 0 Å². The van der Waals surface area contributed by atoms with E-state index in [9.17, 15) is 9.59 Å². The smallest absolute Gasteiger partial charge is 0.323 e. The number of carboxylic acid groups (broad SMARTS) is 1. The van der Waals surface area contributed by atoms with E-state index in [1.165, 1.54) is 25.7 Å². The SMILES string of the molecule is O=C(O)CN(C(=O)CC1CCCCCC1)C1CCOCC1. The number of amides is 1. The summed E-state index contributed by atoms with van der Waals surface area (Å²) in [5.74, 6) is -0.456. The minimum absolute atomic E-state index is 0.0243. The van der Waals surface area contributed by atoms with E-state index in [1.54, 1.807) is 4.90 Å². The molecule has 0 aromatic carbocycles. The molecule has 0 atom stereocenters. The van der Waals surface area contributed by atoms with Gasteiger partial charge in [0.2, 0.25) is 5.91 Å². The first kappa shape index (κ1) is 16.3. The number of carbonyl (C=O) groups is 2. The van der Waals surface area contributed by atoms with E-state index in [4.69, 9.17) is 9.84 Å². The number of aliphatic carboxylic acids is 1. The molecule has 5 heteroatoms. The first-order chi connectivity index (χ1) is 10.2. The second-order valence-electron chi connectivity index (χ2n) is 6.32. The van der Waals surface area contributed by atoms with Crippen molar-refractivity contribution in [2.45, 2.75) is 63.8 Å². The summed E-state index contributed by atoms with van der Waals surface area (Å²) < 4.78 is 5.32. The molecule has 1 amide bonds. The van der Waals surface area contributed by atoms with Gasteiger partial charge in [-0.1, -0.05) is 25.7 Å². The number of nitrogens with zero attached hydrogens (tertiary/aromatic N) is 1. The molecule has 1 saturated heterocycles. The third kappa shape index (κ3) is 5.30. The number of carboxylic acids is 1. The summed E-state index contributed by atoms with van der Waals surface area (Å²) in [5, 5.41) is 9.09. The van der Waals surface area contributed by atoms with Crippen molar-refractivity contribution in [2.75, 3.05) is 19.8 Å². The van der Waals surface area contributed by atoms with E-state index in [0.29, 0.717) is 25.6 Å². The second-order valence-corrected chi connectivity index (χ2v) is 6.32. The molecule has 0 unspecified atom stereocenters. The van der Waals surface area contributed by atoms with Gasteiger partial charge in [0.25, 0.3) is 0 Å². The number of hydrogen-bond acceptors (Lipinski definition) is 3. The molecule has 2 aliphatic rings. The van der Waals surface area contributed by atoms with Crippen LogP contribution in [-0.4, -0.2) is 47.7 Å². The second kappa shape index (κ2) is 8.37. The van der Waals surface area contributed by atoms with Crippen molar-refractivity contribution >= 4 is 11.9 Å². The van der Waals surface area contributed by atoms with E-state index in [2.05, 4.69) is 0 Å². The van der Waals surface area contributed by atoms with E-state index >= 15 is 0 Å². The number of ether oxygens (including phenoxy) is 1. The number of carbonyl (C=O) groups excluding carboxylic acids is 1. The first-order valence-electron chi connectivity index (χ1n) is 8.26. The Morgan fingerprint density at radius 2 is 1.62 bits per heavy atom. The molecule has 0 aromatic heterocycles. The van der Waals surface area contributed by atoms with E-state index in [-0.39, 0.29) is 18.5 Å². The third-order valence-electron chi connectivity index (χ3n) is 4.70. The van der Waals surface area contributed by atoms with Crippen molar-refractivity contribution in [3.63, 3.8) is 0 Å². The molecule has 2 rings (SSSR count). The lowest BCUT2D eigenvalue weighted by Gasteiger charge is -2.34. The lowest BCUT2D eigenvalue weighted by Crippen LogP contribution is -2.46. The number of rotatable bonds is 5. The van der Waals surface area contributed by atoms with E-state index in [1.807, 2.05) is 0 Å². The quantitative estimate of drug-likeness (QED) is 0.791. The van der Waals surface area contributed by atoms with Crippen LogP contribution in [-0.2, 0) is 14.3 Å². The van der Waals surface area contributed by atoms with Crippen molar-refractivity contribution in [1.82, 2.24) is 4.90 Å². The molecule has 1 heterocycles. The number of hydrogen-bond donors (Lipinski definition) is 1. The minimum atomic E-state index is -0.921. The molecule has 1 aliphatic carbocycles. The third-order valence-corrected chi connectivity index (χ3v) is 4.70. The average molecular weight is 297 g/mol. The van der Waals surface area contributed by atoms with E-state index in [0.717, 1.165) is 25.7 Å². The van der Waals surface area contributed by atoms with Gasteiger partial charge in [-0.3, -0.25) is 9.59 Å². The maximum absolute atomic E-state index is 12.6. The summed E-state index contributed by atoms with van der Waals surface area (Å²) in [6, 6.07) is 0.0353. The zero-order chi connectivity index (χ0) is 15.1. The van der Waals surface area contributed by atoms with Gasteiger partial charge >= 0.3 is 5.97 Å². The summed E-state index contributed by atoms with van der Waals surface area (Å²) in [6.07, 6.45) is 9.19. The molecule has 0 bridgehead atoms. The predicted molar refractivity (Wildman–Crippen MR) is 79.0 cm³/mol. The summed E-state index contributed by atoms with van der Waals surface area (Å²) in [5.41, 5.74) is 0. The lowest BCUT2D eigenvalue weighted by atomic mass is 9.95. The average Bonchev–Trinajstić information content (AvgIpc) is 2.74. The Morgan fingerprint density at radius 1 is 1.00 bits per heavy atom. The van der Waals surface area contributed by atoms with Gasteiger partial charge in [0, 0.05) is 25.7 Å². The van der Waals surface area contributed by atoms with Gasteiger partial charge in [0.1, 0.15) is 6.54 Å². The van der Waals surface area contributed by atoms with Crippen LogP contribution in [0, 0.1) is 5.92 Å². The molecule has 5 nitrogen and oxygen atoms in total. The van der Waals surface area contributed by atoms with Crippen molar-refractivity contribution in [3.05, 3.63) is 0 Å². The van der Waals surface area contributed by atoms with Crippen LogP contribution >= 0.6 is 0 Å². The zero-order valence-corrected chi connectivity index (χ0v) is 12.8. The summed E-state index contributed by atoms with van der Waals surface area (Å²) in [7, 11) is 0. The Labute approximate surface area is 126 Å². The normalized spacial score (nSPS) is 21.7. The van der Waals surface area contributed by atoms with Gasteiger partial charge in [-0.25, -0.2) is 0 Å². The molecule has 21 heavy (non-hydrogen) atoms. The molecule has 1 aliphatic heterocycles. The fourth-order valence-corrected chi connectivity index (χ4v) is 3.50. The summed E-state index contributed by atoms with van der Waals surface area (Å²) in [4.78, 5) is 25.3. The van der Waals surface area contributed by atoms with Crippen LogP contribution in [0.2, 0.25) is 0 Å². The van der Waals surface area contributed by atoms with E-state index < -0.39 is 5.97 Å². The monoisotopic (exact) mass is 297 g/mol. The highest BCUT2D eigenvalue weighted by molar-refractivity contribution is 5.81. The van der Waals surface area contributed by atoms with Crippen molar-refractivity contribution < 1.29 is 19.4 Å². The molecule has 0 spiro atoms. The van der Waals surface area contributed by atoms with Crippen LogP contribution in [0.1, 0.15) is 57.8 Å². The maximum atomic E-state index is 12.6. The van der Waals surface area contributed by atoms with Gasteiger partial charge < -0.3 is 14.7 Å². The Hall–Kier alpha value is -1.10. The summed E-state index contributed by atoms with van der Waals surface area (Å²) in [6.45, 7) is 1.07. The molecule has 1 N–H and O–H groups in total. The van der Waals surface area contributed by atoms with Crippen LogP contribution in [0.3, 0.4) is 0 Å². The molecule has 2 fully saturated rings. The highest BCUT2D eigenvalue weighted by atomic mass is 16.5. The Morgan fingerprint density at radius 3 is 2.19 bits per heavy atom. The fraction of sp³-hybridized carbons (Fsp3) is 0.875. The first-order valence-corrected chi connectivity index (χ1v) is 8.26. The fourth-order valence-electron chi connectivity index (χ4n) is 3.50. The van der Waals surface area contributed by atoms with Crippen molar-refractivity contribution in [3.8, 4) is 0 Å². The van der Waals surface area contributed by atoms with Crippen LogP contribution in [0.15, 0.2) is 0 Å². The van der Waals surface area contributed by atoms with Crippen molar-refractivity contribution in [1.29, 1.82) is 0 Å². The van der Waals surface area contributed by atoms with Gasteiger partial charge in [0.05, 0.1) is 0 Å². The van der Waals surface area contributed by atoms with Crippen LogP contribution in [0.5, 0.6) is 0 Å². The predicted octanol–water partition coefficient (Wildman–Crippen LogP) is 2.44. The highest BCUT2D eigenvalue weighted by Crippen LogP contribution is 2.27. The highest BCUT2D eigenvalue weighted by Gasteiger charge is 2.29. The van der Waals surface area contributed by atoms with Crippen LogP contribution < -0.4 is 0 Å². The van der Waals surface area contributed by atoms with Gasteiger partial charge in [0.15, 0.2) is 0 Å². The Kier molecular flexibility index (Phi) is 6.49. The molecule has 120 valence electrons. The molecule has 0 radical (unpaired) electrons. The summed E-state index contributed by atoms with van der Waals surface area (Å²) >= 11 is 0. The molecular formula is C16H27NO4. The minimum Gasteiger partial charge on any atom is -0.480 e. The molecular weight excluding hydrogens is 270 g/mol. The van der Waals surface area contributed by atoms with Gasteiger partial charge in [-0.15, -0.1) is 0 Å². The van der Waals surface area contributed by atoms with Gasteiger partial charge in [-0.05, 0) is 31.6 Å². The van der Waals surface area contributed by atoms with Crippen LogP contribution in [0.4, 0.5) is 0 Å². The largest absolute Gasteiger partial charge is 0.480 e. The standard InChI is InChI=1S/C16H27NO4/c18-15(11-13-5-3-1-2-4-6-13)17(12-16(19)20)14-7-9-21-10-8-14/h13-14H,1-12H2,(H,19,20). The van der Waals surface area contributed by atoms with Crippen LogP contribution in [0.25, 0.3) is 0 Å². The Balaban J connectivity index is 1.93. The lowest BCUT2D eigenvalue weighted by molar-refractivity contribution is -0.148. The zero-order valence-electron chi connectivity index (χ0n) is 12.8. The maximum Gasteiger partial charge on any atom is 0.323 e. The van der Waals surface area contributed by atoms with Crippen molar-refractivity contribution in [2.24, 2.45) is 5.92 Å². The molecule has 1 saturated carbocycles. The molecule has 0 aromatic rings. The Bertz CT molecular complexity index is 344. The topological polar surface area (TPSA) is 66.8 Å².